The maximum atomic E-state index is 8.60. The van der Waals surface area contributed by atoms with Gasteiger partial charge in [-0.15, -0.1) is 0 Å². The van der Waals surface area contributed by atoms with Crippen LogP contribution in [-0.2, 0) is 0 Å². The molecular formula is C9H11N3. The van der Waals surface area contributed by atoms with Crippen molar-refractivity contribution in [2.24, 2.45) is 0 Å². The molecule has 0 atom stereocenters. The average Bonchev–Trinajstić information content (AvgIpc) is 2.09. The molecular weight excluding hydrogens is 150 g/mol. The fourth-order valence-electron chi connectivity index (χ4n) is 0.969. The van der Waals surface area contributed by atoms with Crippen LogP contribution < -0.4 is 11.1 Å². The average molecular weight is 161 g/mol. The number of anilines is 2. The van der Waals surface area contributed by atoms with Crippen molar-refractivity contribution in [3.05, 3.63) is 23.8 Å². The summed E-state index contributed by atoms with van der Waals surface area (Å²) in [7, 11) is 0. The predicted octanol–water partition coefficient (Wildman–Crippen LogP) is 1.57. The van der Waals surface area contributed by atoms with Gasteiger partial charge < -0.3 is 11.1 Å². The summed E-state index contributed by atoms with van der Waals surface area (Å²) in [6.45, 7) is 2.79. The van der Waals surface area contributed by atoms with Crippen LogP contribution in [0.4, 0.5) is 11.4 Å². The van der Waals surface area contributed by atoms with E-state index in [1.54, 1.807) is 18.2 Å². The second-order valence-corrected chi connectivity index (χ2v) is 2.44. The first-order chi connectivity index (χ1) is 5.77. The molecule has 0 aromatic heterocycles. The third kappa shape index (κ3) is 1.67. The topological polar surface area (TPSA) is 61.8 Å². The van der Waals surface area contributed by atoms with Gasteiger partial charge in [-0.25, -0.2) is 0 Å². The molecule has 0 fully saturated rings. The van der Waals surface area contributed by atoms with Crippen LogP contribution in [0.15, 0.2) is 18.2 Å². The monoisotopic (exact) mass is 161 g/mol. The highest BCUT2D eigenvalue weighted by Crippen LogP contribution is 2.18. The lowest BCUT2D eigenvalue weighted by Gasteiger charge is -2.06. The van der Waals surface area contributed by atoms with E-state index >= 15 is 0 Å². The van der Waals surface area contributed by atoms with Crippen LogP contribution in [0.5, 0.6) is 0 Å². The molecule has 0 unspecified atom stereocenters. The van der Waals surface area contributed by atoms with Gasteiger partial charge in [-0.2, -0.15) is 5.26 Å². The first kappa shape index (κ1) is 8.41. The molecule has 12 heavy (non-hydrogen) atoms. The third-order valence-corrected chi connectivity index (χ3v) is 1.55. The van der Waals surface area contributed by atoms with E-state index < -0.39 is 0 Å². The van der Waals surface area contributed by atoms with Crippen molar-refractivity contribution in [3.8, 4) is 6.07 Å². The van der Waals surface area contributed by atoms with Gasteiger partial charge in [0.15, 0.2) is 0 Å². The minimum atomic E-state index is 0.625. The maximum absolute atomic E-state index is 8.60. The highest BCUT2D eigenvalue weighted by atomic mass is 14.9. The van der Waals surface area contributed by atoms with Gasteiger partial charge in [-0.05, 0) is 25.1 Å². The van der Waals surface area contributed by atoms with Gasteiger partial charge in [0.05, 0.1) is 23.0 Å². The number of nitriles is 1. The number of nitrogens with two attached hydrogens (primary N) is 1. The summed E-state index contributed by atoms with van der Waals surface area (Å²) >= 11 is 0. The summed E-state index contributed by atoms with van der Waals surface area (Å²) in [5, 5.41) is 11.7. The first-order valence-electron chi connectivity index (χ1n) is 3.81. The minimum Gasteiger partial charge on any atom is -0.397 e. The van der Waals surface area contributed by atoms with Crippen molar-refractivity contribution in [2.45, 2.75) is 6.92 Å². The Morgan fingerprint density at radius 2 is 2.33 bits per heavy atom. The molecule has 0 aliphatic carbocycles. The highest BCUT2D eigenvalue weighted by molar-refractivity contribution is 5.68. The van der Waals surface area contributed by atoms with E-state index in [9.17, 15) is 0 Å². The molecule has 1 aromatic carbocycles. The van der Waals surface area contributed by atoms with Gasteiger partial charge in [0.1, 0.15) is 0 Å². The van der Waals surface area contributed by atoms with Crippen LogP contribution in [0.2, 0.25) is 0 Å². The summed E-state index contributed by atoms with van der Waals surface area (Å²) in [5.41, 5.74) is 7.79. The molecule has 62 valence electrons. The Balaban J connectivity index is 3.01. The molecule has 0 saturated heterocycles. The normalized spacial score (nSPS) is 9.00. The van der Waals surface area contributed by atoms with Crippen LogP contribution in [0.1, 0.15) is 12.5 Å². The molecule has 0 radical (unpaired) electrons. The lowest BCUT2D eigenvalue weighted by atomic mass is 10.2. The molecule has 0 heterocycles. The summed E-state index contributed by atoms with van der Waals surface area (Å²) in [4.78, 5) is 0. The fourth-order valence-corrected chi connectivity index (χ4v) is 0.969. The fraction of sp³-hybridized carbons (Fsp3) is 0.222. The second kappa shape index (κ2) is 3.63. The van der Waals surface area contributed by atoms with E-state index in [1.807, 2.05) is 6.92 Å². The zero-order valence-electron chi connectivity index (χ0n) is 6.96. The second-order valence-electron chi connectivity index (χ2n) is 2.44. The van der Waals surface area contributed by atoms with Crippen molar-refractivity contribution < 1.29 is 0 Å². The first-order valence-corrected chi connectivity index (χ1v) is 3.81. The van der Waals surface area contributed by atoms with E-state index in [2.05, 4.69) is 11.4 Å². The molecule has 3 nitrogen and oxygen atoms in total. The van der Waals surface area contributed by atoms with Crippen molar-refractivity contribution >= 4 is 11.4 Å². The van der Waals surface area contributed by atoms with Gasteiger partial charge >= 0.3 is 0 Å². The van der Waals surface area contributed by atoms with Gasteiger partial charge in [0.25, 0.3) is 0 Å². The van der Waals surface area contributed by atoms with Crippen LogP contribution in [0.25, 0.3) is 0 Å². The number of hydrogen-bond acceptors (Lipinski definition) is 3. The molecule has 0 saturated carbocycles. The van der Waals surface area contributed by atoms with Crippen LogP contribution in [-0.4, -0.2) is 6.54 Å². The number of nitrogens with zero attached hydrogens (tertiary/aromatic N) is 1. The van der Waals surface area contributed by atoms with Gasteiger partial charge in [-0.3, -0.25) is 0 Å². The Labute approximate surface area is 71.8 Å². The molecule has 0 bridgehead atoms. The number of nitrogen functional groups attached to an aromatic ring is 1. The molecule has 0 spiro atoms. The third-order valence-electron chi connectivity index (χ3n) is 1.55. The molecule has 0 aliphatic rings. The zero-order valence-corrected chi connectivity index (χ0v) is 6.96. The number of rotatable bonds is 2. The lowest BCUT2D eigenvalue weighted by Crippen LogP contribution is -2.00. The smallest absolute Gasteiger partial charge is 0.0992 e. The quantitative estimate of drug-likeness (QED) is 0.647. The molecule has 3 N–H and O–H groups in total. The Morgan fingerprint density at radius 1 is 1.58 bits per heavy atom. The van der Waals surface area contributed by atoms with Crippen molar-refractivity contribution in [3.63, 3.8) is 0 Å². The van der Waals surface area contributed by atoms with Crippen molar-refractivity contribution in [1.82, 2.24) is 0 Å². The van der Waals surface area contributed by atoms with Gasteiger partial charge in [-0.1, -0.05) is 0 Å². The number of nitrogens with one attached hydrogen (secondary N) is 1. The number of benzene rings is 1. The molecule has 0 amide bonds. The van der Waals surface area contributed by atoms with E-state index in [0.717, 1.165) is 12.2 Å². The van der Waals surface area contributed by atoms with Crippen molar-refractivity contribution in [2.75, 3.05) is 17.6 Å². The van der Waals surface area contributed by atoms with E-state index in [-0.39, 0.29) is 0 Å². The van der Waals surface area contributed by atoms with Crippen LogP contribution in [0, 0.1) is 11.3 Å². The molecule has 1 rings (SSSR count). The summed E-state index contributed by atoms with van der Waals surface area (Å²) < 4.78 is 0. The molecule has 1 aromatic rings. The molecule has 3 heteroatoms. The van der Waals surface area contributed by atoms with Crippen LogP contribution >= 0.6 is 0 Å². The largest absolute Gasteiger partial charge is 0.397 e. The summed E-state index contributed by atoms with van der Waals surface area (Å²) in [6.07, 6.45) is 0. The zero-order chi connectivity index (χ0) is 8.97. The Morgan fingerprint density at radius 3 is 2.92 bits per heavy atom. The predicted molar refractivity (Wildman–Crippen MR) is 49.7 cm³/mol. The minimum absolute atomic E-state index is 0.625. The van der Waals surface area contributed by atoms with Crippen LogP contribution in [0.3, 0.4) is 0 Å². The SMILES string of the molecule is CCNc1cc(C#N)ccc1N. The highest BCUT2D eigenvalue weighted by Gasteiger charge is 1.97. The van der Waals surface area contributed by atoms with Gasteiger partial charge in [0, 0.05) is 6.54 Å². The van der Waals surface area contributed by atoms with E-state index in [4.69, 9.17) is 11.0 Å². The number of hydrogen-bond donors (Lipinski definition) is 2. The van der Waals surface area contributed by atoms with Gasteiger partial charge in [0.2, 0.25) is 0 Å². The van der Waals surface area contributed by atoms with E-state index in [0.29, 0.717) is 11.3 Å². The summed E-state index contributed by atoms with van der Waals surface area (Å²) in [5.74, 6) is 0. The standard InChI is InChI=1S/C9H11N3/c1-2-12-9-5-7(6-10)3-4-8(9)11/h3-5,12H,2,11H2,1H3. The summed E-state index contributed by atoms with van der Waals surface area (Å²) in [6, 6.07) is 7.24. The van der Waals surface area contributed by atoms with E-state index in [1.165, 1.54) is 0 Å². The Hall–Kier alpha value is -1.69. The van der Waals surface area contributed by atoms with Crippen molar-refractivity contribution in [1.29, 1.82) is 5.26 Å². The molecule has 0 aliphatic heterocycles. The Bertz CT molecular complexity index is 312. The Kier molecular flexibility index (Phi) is 2.54. The maximum Gasteiger partial charge on any atom is 0.0992 e. The lowest BCUT2D eigenvalue weighted by molar-refractivity contribution is 1.21.